The second kappa shape index (κ2) is 6.43. The van der Waals surface area contributed by atoms with Crippen LogP contribution in [0.3, 0.4) is 0 Å². The molecule has 0 unspecified atom stereocenters. The normalized spacial score (nSPS) is 9.63. The third-order valence-electron chi connectivity index (χ3n) is 2.03. The SMILES string of the molecule is CCOC(=O)c1ncc(C(=O)OC)c(C(=O)OC)n1. The van der Waals surface area contributed by atoms with Crippen molar-refractivity contribution in [3.8, 4) is 0 Å². The van der Waals surface area contributed by atoms with Crippen LogP contribution in [0.4, 0.5) is 0 Å². The minimum absolute atomic E-state index is 0.133. The number of esters is 3. The van der Waals surface area contributed by atoms with Crippen molar-refractivity contribution in [2.75, 3.05) is 20.8 Å². The van der Waals surface area contributed by atoms with Gasteiger partial charge in [-0.15, -0.1) is 0 Å². The van der Waals surface area contributed by atoms with Crippen LogP contribution in [0, 0.1) is 0 Å². The van der Waals surface area contributed by atoms with E-state index in [-0.39, 0.29) is 23.7 Å². The minimum atomic E-state index is -0.881. The summed E-state index contributed by atoms with van der Waals surface area (Å²) >= 11 is 0. The zero-order chi connectivity index (χ0) is 14.4. The molecule has 0 fully saturated rings. The number of carbonyl (C=O) groups excluding carboxylic acids is 3. The first kappa shape index (κ1) is 14.6. The Labute approximate surface area is 108 Å². The first-order valence-electron chi connectivity index (χ1n) is 5.25. The van der Waals surface area contributed by atoms with Crippen molar-refractivity contribution in [2.45, 2.75) is 6.92 Å². The summed E-state index contributed by atoms with van der Waals surface area (Å²) in [5.41, 5.74) is -0.546. The summed E-state index contributed by atoms with van der Waals surface area (Å²) in [4.78, 5) is 41.7. The Morgan fingerprint density at radius 1 is 1.11 bits per heavy atom. The minimum Gasteiger partial charge on any atom is -0.465 e. The fourth-order valence-corrected chi connectivity index (χ4v) is 1.19. The lowest BCUT2D eigenvalue weighted by Crippen LogP contribution is -2.19. The maximum atomic E-state index is 11.5. The average molecular weight is 268 g/mol. The third-order valence-corrected chi connectivity index (χ3v) is 2.03. The molecule has 0 saturated carbocycles. The molecule has 0 bridgehead atoms. The maximum Gasteiger partial charge on any atom is 0.376 e. The summed E-state index contributed by atoms with van der Waals surface area (Å²) < 4.78 is 13.6. The summed E-state index contributed by atoms with van der Waals surface area (Å²) in [5, 5.41) is 0. The van der Waals surface area contributed by atoms with E-state index in [0.29, 0.717) is 0 Å². The van der Waals surface area contributed by atoms with Gasteiger partial charge in [0.1, 0.15) is 5.56 Å². The first-order valence-corrected chi connectivity index (χ1v) is 5.25. The van der Waals surface area contributed by atoms with Gasteiger partial charge in [-0.05, 0) is 6.92 Å². The molecular weight excluding hydrogens is 256 g/mol. The fraction of sp³-hybridized carbons (Fsp3) is 0.364. The van der Waals surface area contributed by atoms with Crippen LogP contribution in [-0.4, -0.2) is 48.7 Å². The molecular formula is C11H12N2O6. The molecule has 0 radical (unpaired) electrons. The van der Waals surface area contributed by atoms with Crippen LogP contribution >= 0.6 is 0 Å². The maximum absolute atomic E-state index is 11.5. The van der Waals surface area contributed by atoms with Gasteiger partial charge in [0.25, 0.3) is 0 Å². The lowest BCUT2D eigenvalue weighted by Gasteiger charge is -2.06. The number of carbonyl (C=O) groups is 3. The largest absolute Gasteiger partial charge is 0.465 e. The van der Waals surface area contributed by atoms with Crippen molar-refractivity contribution in [3.05, 3.63) is 23.3 Å². The van der Waals surface area contributed by atoms with Crippen molar-refractivity contribution in [1.29, 1.82) is 0 Å². The molecule has 1 aromatic heterocycles. The summed E-state index contributed by atoms with van der Waals surface area (Å²) in [7, 11) is 2.26. The van der Waals surface area contributed by atoms with Crippen molar-refractivity contribution < 1.29 is 28.6 Å². The van der Waals surface area contributed by atoms with Crippen molar-refractivity contribution in [1.82, 2.24) is 9.97 Å². The van der Waals surface area contributed by atoms with Crippen molar-refractivity contribution in [2.24, 2.45) is 0 Å². The molecule has 102 valence electrons. The number of ether oxygens (including phenoxy) is 3. The lowest BCUT2D eigenvalue weighted by atomic mass is 10.2. The van der Waals surface area contributed by atoms with E-state index in [1.165, 1.54) is 0 Å². The van der Waals surface area contributed by atoms with Crippen LogP contribution in [0.25, 0.3) is 0 Å². The average Bonchev–Trinajstić information content (AvgIpc) is 2.45. The molecule has 19 heavy (non-hydrogen) atoms. The monoisotopic (exact) mass is 268 g/mol. The van der Waals surface area contributed by atoms with Crippen LogP contribution in [0.5, 0.6) is 0 Å². The molecule has 0 saturated heterocycles. The molecule has 8 nitrogen and oxygen atoms in total. The lowest BCUT2D eigenvalue weighted by molar-refractivity contribution is 0.0503. The Morgan fingerprint density at radius 2 is 1.74 bits per heavy atom. The van der Waals surface area contributed by atoms with E-state index >= 15 is 0 Å². The molecule has 0 N–H and O–H groups in total. The first-order chi connectivity index (χ1) is 9.04. The van der Waals surface area contributed by atoms with E-state index in [2.05, 4.69) is 19.4 Å². The number of rotatable bonds is 4. The number of hydrogen-bond acceptors (Lipinski definition) is 8. The van der Waals surface area contributed by atoms with Gasteiger partial charge in [0.05, 0.1) is 20.8 Å². The van der Waals surface area contributed by atoms with E-state index in [1.54, 1.807) is 6.92 Å². The Balaban J connectivity index is 3.26. The van der Waals surface area contributed by atoms with E-state index in [1.807, 2.05) is 0 Å². The van der Waals surface area contributed by atoms with Crippen LogP contribution in [0.15, 0.2) is 6.20 Å². The fourth-order valence-electron chi connectivity index (χ4n) is 1.19. The molecule has 1 heterocycles. The highest BCUT2D eigenvalue weighted by atomic mass is 16.5. The topological polar surface area (TPSA) is 105 Å². The van der Waals surface area contributed by atoms with Gasteiger partial charge >= 0.3 is 17.9 Å². The quantitative estimate of drug-likeness (QED) is 0.564. The molecule has 8 heteroatoms. The molecule has 0 aliphatic rings. The van der Waals surface area contributed by atoms with Gasteiger partial charge < -0.3 is 14.2 Å². The number of aromatic nitrogens is 2. The summed E-state index contributed by atoms with van der Waals surface area (Å²) in [6, 6.07) is 0. The van der Waals surface area contributed by atoms with Gasteiger partial charge in [-0.25, -0.2) is 24.4 Å². The molecule has 0 atom stereocenters. The second-order valence-corrected chi connectivity index (χ2v) is 3.16. The van der Waals surface area contributed by atoms with Gasteiger partial charge in [0.15, 0.2) is 5.69 Å². The Hall–Kier alpha value is -2.51. The predicted molar refractivity (Wildman–Crippen MR) is 60.7 cm³/mol. The van der Waals surface area contributed by atoms with Gasteiger partial charge in [-0.2, -0.15) is 0 Å². The molecule has 1 rings (SSSR count). The van der Waals surface area contributed by atoms with Gasteiger partial charge in [-0.3, -0.25) is 0 Å². The molecule has 0 aromatic carbocycles. The molecule has 1 aromatic rings. The number of methoxy groups -OCH3 is 2. The van der Waals surface area contributed by atoms with Crippen LogP contribution < -0.4 is 0 Å². The molecule has 0 amide bonds. The zero-order valence-electron chi connectivity index (χ0n) is 10.6. The van der Waals surface area contributed by atoms with Crippen LogP contribution in [0.2, 0.25) is 0 Å². The van der Waals surface area contributed by atoms with Gasteiger partial charge in [0.2, 0.25) is 5.82 Å². The Bertz CT molecular complexity index is 514. The molecule has 0 aliphatic heterocycles. The Morgan fingerprint density at radius 3 is 2.26 bits per heavy atom. The van der Waals surface area contributed by atoms with Crippen LogP contribution in [-0.2, 0) is 14.2 Å². The smallest absolute Gasteiger partial charge is 0.376 e. The summed E-state index contributed by atoms with van der Waals surface area (Å²) in [6.45, 7) is 1.75. The van der Waals surface area contributed by atoms with E-state index in [4.69, 9.17) is 4.74 Å². The van der Waals surface area contributed by atoms with E-state index in [9.17, 15) is 14.4 Å². The standard InChI is InChI=1S/C11H12N2O6/c1-4-19-11(16)8-12-5-6(9(14)17-2)7(13-8)10(15)18-3/h5H,4H2,1-3H3. The summed E-state index contributed by atoms with van der Waals surface area (Å²) in [5.74, 6) is -2.83. The van der Waals surface area contributed by atoms with Crippen LogP contribution in [0.1, 0.15) is 38.4 Å². The Kier molecular flexibility index (Phi) is 4.92. The summed E-state index contributed by atoms with van der Waals surface area (Å²) in [6.07, 6.45) is 1.01. The molecule has 0 spiro atoms. The highest BCUT2D eigenvalue weighted by Crippen LogP contribution is 2.09. The second-order valence-electron chi connectivity index (χ2n) is 3.16. The number of hydrogen-bond donors (Lipinski definition) is 0. The predicted octanol–water partition coefficient (Wildman–Crippen LogP) is 0.226. The molecule has 0 aliphatic carbocycles. The van der Waals surface area contributed by atoms with Gasteiger partial charge in [-0.1, -0.05) is 0 Å². The highest BCUT2D eigenvalue weighted by Gasteiger charge is 2.24. The van der Waals surface area contributed by atoms with E-state index in [0.717, 1.165) is 20.4 Å². The zero-order valence-corrected chi connectivity index (χ0v) is 10.6. The van der Waals surface area contributed by atoms with Crippen molar-refractivity contribution in [3.63, 3.8) is 0 Å². The highest BCUT2D eigenvalue weighted by molar-refractivity contribution is 6.02. The van der Waals surface area contributed by atoms with Crippen molar-refractivity contribution >= 4 is 17.9 Å². The number of nitrogens with zero attached hydrogens (tertiary/aromatic N) is 2. The van der Waals surface area contributed by atoms with Gasteiger partial charge in [0, 0.05) is 6.20 Å². The van der Waals surface area contributed by atoms with E-state index < -0.39 is 17.9 Å². The third kappa shape index (κ3) is 3.24.